The van der Waals surface area contributed by atoms with Crippen molar-refractivity contribution in [2.75, 3.05) is 59.4 Å². The number of likely N-dealkylation sites (tertiary alicyclic amines) is 2. The van der Waals surface area contributed by atoms with Crippen LogP contribution in [0, 0.1) is 6.92 Å². The Morgan fingerprint density at radius 3 is 2.29 bits per heavy atom. The van der Waals surface area contributed by atoms with E-state index in [2.05, 4.69) is 38.3 Å². The summed E-state index contributed by atoms with van der Waals surface area (Å²) in [6, 6.07) is 23.4. The Hall–Kier alpha value is -5.53. The Labute approximate surface area is 369 Å². The number of nitrogens with zero attached hydrogens (tertiary/aromatic N) is 6. The van der Waals surface area contributed by atoms with Crippen LogP contribution in [0.4, 0.5) is 4.79 Å². The lowest BCUT2D eigenvalue weighted by Gasteiger charge is -2.43. The second kappa shape index (κ2) is 18.7. The van der Waals surface area contributed by atoms with E-state index in [1.54, 1.807) is 15.8 Å². The largest absolute Gasteiger partial charge is 0.442 e. The molecule has 1 saturated carbocycles. The minimum Gasteiger partial charge on any atom is -0.442 e. The van der Waals surface area contributed by atoms with E-state index in [9.17, 15) is 19.2 Å². The average molecular weight is 855 g/mol. The summed E-state index contributed by atoms with van der Waals surface area (Å²) in [7, 11) is 2.18. The highest BCUT2D eigenvalue weighted by Crippen LogP contribution is 2.41. The molecule has 2 N–H and O–H groups in total. The highest BCUT2D eigenvalue weighted by molar-refractivity contribution is 5.89. The van der Waals surface area contributed by atoms with Gasteiger partial charge in [0.05, 0.1) is 17.1 Å². The standard InChI is InChI=1S/C50H62N8O5/c1-35-29-36(30-39-33-51-58(45(35)39)34-63-48(61)50(19-9-4-10-20-50)40-12-5-3-6-13-40)31-44(47(60)56-27-25-55(26-28-56)41-17-21-54(2)22-18-41)53-49(62)57-23-15-37(16-24-57)42-32-38-11-7-8-14-43(38)52-46(42)59/h3,5-8,11-14,29-30,32-33,37,41,44H,4,9-10,15-28,31,34H2,1-2H3,(H,52,59)(H,53,62)/t44-/m1/s1. The fraction of sp³-hybridized carbons (Fsp3) is 0.500. The second-order valence-corrected chi connectivity index (χ2v) is 18.6. The van der Waals surface area contributed by atoms with Crippen molar-refractivity contribution in [2.45, 2.75) is 101 Å². The van der Waals surface area contributed by atoms with Crippen LogP contribution in [-0.2, 0) is 32.9 Å². The minimum atomic E-state index is -0.772. The van der Waals surface area contributed by atoms with Crippen molar-refractivity contribution in [3.63, 3.8) is 0 Å². The predicted octanol–water partition coefficient (Wildman–Crippen LogP) is 6.33. The molecule has 3 aliphatic heterocycles. The van der Waals surface area contributed by atoms with Crippen molar-refractivity contribution in [2.24, 2.45) is 0 Å². The van der Waals surface area contributed by atoms with Crippen LogP contribution in [-0.4, -0.2) is 124 Å². The molecule has 1 aliphatic carbocycles. The van der Waals surface area contributed by atoms with Gasteiger partial charge in [0.2, 0.25) is 5.91 Å². The van der Waals surface area contributed by atoms with Gasteiger partial charge in [-0.05, 0) is 112 Å². The highest BCUT2D eigenvalue weighted by Gasteiger charge is 2.43. The molecule has 2 aromatic heterocycles. The zero-order valence-corrected chi connectivity index (χ0v) is 36.9. The first-order valence-corrected chi connectivity index (χ1v) is 23.2. The molecule has 4 fully saturated rings. The van der Waals surface area contributed by atoms with Gasteiger partial charge in [0.15, 0.2) is 6.73 Å². The lowest BCUT2D eigenvalue weighted by Crippen LogP contribution is -2.59. The SMILES string of the molecule is Cc1cc(C[C@@H](NC(=O)N2CCC(c3cc4ccccc4[nH]c3=O)CC2)C(=O)N2CCN(C3CCN(C)CC3)CC2)cc2cnn(COC(=O)C3(c4ccccc4)CCCCC3)c12. The normalized spacial score (nSPS) is 19.9. The van der Waals surface area contributed by atoms with Gasteiger partial charge in [0.1, 0.15) is 6.04 Å². The number of piperidine rings is 2. The number of hydrogen-bond acceptors (Lipinski definition) is 8. The fourth-order valence-electron chi connectivity index (χ4n) is 10.9. The van der Waals surface area contributed by atoms with Crippen molar-refractivity contribution in [1.29, 1.82) is 0 Å². The maximum Gasteiger partial charge on any atom is 0.318 e. The summed E-state index contributed by atoms with van der Waals surface area (Å²) in [6.07, 6.45) is 10.4. The third kappa shape index (κ3) is 9.13. The number of benzene rings is 3. The monoisotopic (exact) mass is 854 g/mol. The Morgan fingerprint density at radius 2 is 1.54 bits per heavy atom. The average Bonchev–Trinajstić information content (AvgIpc) is 3.74. The molecule has 0 bridgehead atoms. The molecular weight excluding hydrogens is 793 g/mol. The molecule has 1 atom stereocenters. The molecular formula is C50H62N8O5. The van der Waals surface area contributed by atoms with E-state index in [4.69, 9.17) is 4.74 Å². The summed E-state index contributed by atoms with van der Waals surface area (Å²) in [4.78, 5) is 67.3. The number of aryl methyl sites for hydroxylation is 1. The van der Waals surface area contributed by atoms with Gasteiger partial charge in [0.25, 0.3) is 5.56 Å². The van der Waals surface area contributed by atoms with E-state index < -0.39 is 11.5 Å². The lowest BCUT2D eigenvalue weighted by atomic mass is 9.69. The van der Waals surface area contributed by atoms with Gasteiger partial charge in [-0.25, -0.2) is 9.48 Å². The first kappa shape index (κ1) is 42.8. The highest BCUT2D eigenvalue weighted by atomic mass is 16.5. The Morgan fingerprint density at radius 1 is 0.825 bits per heavy atom. The molecule has 63 heavy (non-hydrogen) atoms. The van der Waals surface area contributed by atoms with Crippen LogP contribution >= 0.6 is 0 Å². The van der Waals surface area contributed by atoms with Crippen molar-refractivity contribution in [1.82, 2.24) is 39.7 Å². The van der Waals surface area contributed by atoms with Gasteiger partial charge in [-0.1, -0.05) is 73.9 Å². The van der Waals surface area contributed by atoms with Gasteiger partial charge in [-0.2, -0.15) is 5.10 Å². The zero-order valence-electron chi connectivity index (χ0n) is 36.9. The molecule has 332 valence electrons. The molecule has 3 amide bonds. The van der Waals surface area contributed by atoms with Crippen LogP contribution in [0.3, 0.4) is 0 Å². The van der Waals surface area contributed by atoms with Crippen LogP contribution in [0.5, 0.6) is 0 Å². The molecule has 0 radical (unpaired) electrons. The molecule has 5 aromatic rings. The predicted molar refractivity (Wildman–Crippen MR) is 245 cm³/mol. The zero-order chi connectivity index (χ0) is 43.5. The number of H-pyrrole nitrogens is 1. The number of pyridine rings is 1. The Balaban J connectivity index is 0.896. The van der Waals surface area contributed by atoms with Crippen LogP contribution in [0.1, 0.15) is 86.0 Å². The minimum absolute atomic E-state index is 0.00372. The summed E-state index contributed by atoms with van der Waals surface area (Å²) in [5.41, 5.74) is 4.59. The van der Waals surface area contributed by atoms with Crippen molar-refractivity contribution in [3.8, 4) is 0 Å². The van der Waals surface area contributed by atoms with Crippen LogP contribution in [0.15, 0.2) is 83.8 Å². The Kier molecular flexibility index (Phi) is 12.7. The van der Waals surface area contributed by atoms with E-state index in [0.29, 0.717) is 51.5 Å². The summed E-state index contributed by atoms with van der Waals surface area (Å²) >= 11 is 0. The molecule has 5 heterocycles. The van der Waals surface area contributed by atoms with Gasteiger partial charge >= 0.3 is 12.0 Å². The molecule has 3 saturated heterocycles. The van der Waals surface area contributed by atoms with E-state index in [0.717, 1.165) is 115 Å². The van der Waals surface area contributed by atoms with E-state index in [-0.39, 0.29) is 36.1 Å². The van der Waals surface area contributed by atoms with Crippen molar-refractivity contribution < 1.29 is 19.1 Å². The maximum atomic E-state index is 14.6. The first-order valence-electron chi connectivity index (χ1n) is 23.2. The van der Waals surface area contributed by atoms with Crippen LogP contribution in [0.2, 0.25) is 0 Å². The topological polar surface area (TPSA) is 136 Å². The number of ether oxygens (including phenoxy) is 1. The fourth-order valence-corrected chi connectivity index (χ4v) is 10.9. The number of nitrogens with one attached hydrogen (secondary N) is 2. The Bertz CT molecular complexity index is 2470. The maximum absolute atomic E-state index is 14.6. The van der Waals surface area contributed by atoms with Crippen molar-refractivity contribution in [3.05, 3.63) is 112 Å². The van der Waals surface area contributed by atoms with Crippen LogP contribution in [0.25, 0.3) is 21.8 Å². The van der Waals surface area contributed by atoms with Crippen LogP contribution < -0.4 is 10.9 Å². The smallest absolute Gasteiger partial charge is 0.318 e. The van der Waals surface area contributed by atoms with Gasteiger partial charge < -0.3 is 29.7 Å². The third-order valence-electron chi connectivity index (χ3n) is 14.6. The number of hydrogen-bond donors (Lipinski definition) is 2. The van der Waals surface area contributed by atoms with Gasteiger partial charge in [0, 0.05) is 68.2 Å². The molecule has 0 spiro atoms. The summed E-state index contributed by atoms with van der Waals surface area (Å²) < 4.78 is 7.83. The summed E-state index contributed by atoms with van der Waals surface area (Å²) in [5.74, 6) is -0.237. The first-order chi connectivity index (χ1) is 30.6. The lowest BCUT2D eigenvalue weighted by molar-refractivity contribution is -0.156. The number of fused-ring (bicyclic) bond motifs is 2. The van der Waals surface area contributed by atoms with E-state index in [1.165, 1.54) is 0 Å². The molecule has 4 aliphatic rings. The number of piperazine rings is 1. The molecule has 3 aromatic carbocycles. The molecule has 0 unspecified atom stereocenters. The number of carbonyl (C=O) groups excluding carboxylic acids is 3. The van der Waals surface area contributed by atoms with Crippen molar-refractivity contribution >= 4 is 39.7 Å². The number of urea groups is 1. The number of carbonyl (C=O) groups is 3. The molecule has 13 nitrogen and oxygen atoms in total. The second-order valence-electron chi connectivity index (χ2n) is 18.6. The third-order valence-corrected chi connectivity index (χ3v) is 14.6. The van der Waals surface area contributed by atoms with E-state index >= 15 is 0 Å². The number of aromatic nitrogens is 3. The number of amides is 3. The quantitative estimate of drug-likeness (QED) is 0.156. The van der Waals surface area contributed by atoms with Gasteiger partial charge in [-0.3, -0.25) is 19.3 Å². The van der Waals surface area contributed by atoms with E-state index in [1.807, 2.05) is 78.6 Å². The number of rotatable bonds is 10. The summed E-state index contributed by atoms with van der Waals surface area (Å²) in [5, 5.41) is 9.73. The summed E-state index contributed by atoms with van der Waals surface area (Å²) in [6.45, 7) is 8.07. The number of aromatic amines is 1. The van der Waals surface area contributed by atoms with Gasteiger partial charge in [-0.15, -0.1) is 0 Å². The molecule has 13 heteroatoms. The number of para-hydroxylation sites is 1. The number of esters is 1. The molecule has 9 rings (SSSR count).